The summed E-state index contributed by atoms with van der Waals surface area (Å²) >= 11 is 0. The molecule has 2 aromatic rings. The van der Waals surface area contributed by atoms with E-state index in [-0.39, 0.29) is 27.5 Å². The van der Waals surface area contributed by atoms with Gasteiger partial charge in [-0.15, -0.1) is 0 Å². The number of carbonyl (C=O) groups excluding carboxylic acids is 3. The van der Waals surface area contributed by atoms with Gasteiger partial charge in [0, 0.05) is 24.8 Å². The van der Waals surface area contributed by atoms with Crippen molar-refractivity contribution in [3.63, 3.8) is 0 Å². The summed E-state index contributed by atoms with van der Waals surface area (Å²) in [7, 11) is -1.28. The largest absolute Gasteiger partial charge is 0.322 e. The molecule has 164 valence electrons. The van der Waals surface area contributed by atoms with Gasteiger partial charge < -0.3 is 5.32 Å². The van der Waals surface area contributed by atoms with Gasteiger partial charge in [-0.1, -0.05) is 17.8 Å². The monoisotopic (exact) mass is 445 g/mol. The van der Waals surface area contributed by atoms with Crippen molar-refractivity contribution in [2.45, 2.75) is 24.7 Å². The quantitative estimate of drug-likeness (QED) is 0.493. The van der Waals surface area contributed by atoms with Gasteiger partial charge in [0.25, 0.3) is 27.7 Å². The Bertz CT molecular complexity index is 1130. The SMILES string of the molecule is CCCCN1C(=O)c2ccc(C(=O)Nc3ccc(S(=O)(=O)N(C)OC)cc3)cc2C1=O. The number of imide groups is 1. The number of carbonyl (C=O) groups is 3. The molecule has 2 aromatic carbocycles. The number of fused-ring (bicyclic) bond motifs is 1. The molecule has 0 aliphatic carbocycles. The van der Waals surface area contributed by atoms with Gasteiger partial charge in [-0.2, -0.15) is 0 Å². The minimum atomic E-state index is -3.79. The number of rotatable bonds is 8. The number of nitrogens with zero attached hydrogens (tertiary/aromatic N) is 2. The molecule has 0 aromatic heterocycles. The van der Waals surface area contributed by atoms with Crippen molar-refractivity contribution in [2.75, 3.05) is 26.0 Å². The molecule has 0 spiro atoms. The minimum Gasteiger partial charge on any atom is -0.322 e. The Balaban J connectivity index is 1.76. The van der Waals surface area contributed by atoms with E-state index in [1.807, 2.05) is 6.92 Å². The van der Waals surface area contributed by atoms with Gasteiger partial charge in [0.15, 0.2) is 0 Å². The standard InChI is InChI=1S/C21H23N3O6S/c1-4-5-12-24-20(26)17-11-6-14(13-18(17)21(24)27)19(25)22-15-7-9-16(10-8-15)31(28,29)23(2)30-3/h6-11,13H,4-5,12H2,1-3H3,(H,22,25). The molecule has 31 heavy (non-hydrogen) atoms. The van der Waals surface area contributed by atoms with E-state index in [4.69, 9.17) is 4.84 Å². The topological polar surface area (TPSA) is 113 Å². The molecule has 0 unspecified atom stereocenters. The first-order valence-electron chi connectivity index (χ1n) is 9.65. The molecule has 1 heterocycles. The molecule has 0 atom stereocenters. The van der Waals surface area contributed by atoms with Crippen molar-refractivity contribution in [1.29, 1.82) is 0 Å². The van der Waals surface area contributed by atoms with Crippen LogP contribution in [-0.2, 0) is 14.9 Å². The number of anilines is 1. The number of benzene rings is 2. The molecule has 0 saturated carbocycles. The molecule has 10 heteroatoms. The van der Waals surface area contributed by atoms with Gasteiger partial charge in [-0.25, -0.2) is 8.42 Å². The van der Waals surface area contributed by atoms with Crippen molar-refractivity contribution < 1.29 is 27.6 Å². The van der Waals surface area contributed by atoms with Crippen LogP contribution in [-0.4, -0.2) is 56.2 Å². The molecular formula is C21H23N3O6S. The third-order valence-corrected chi connectivity index (χ3v) is 6.67. The molecule has 1 aliphatic heterocycles. The van der Waals surface area contributed by atoms with Gasteiger partial charge in [0.2, 0.25) is 0 Å². The molecule has 0 saturated heterocycles. The van der Waals surface area contributed by atoms with E-state index in [0.29, 0.717) is 18.7 Å². The Hall–Kier alpha value is -3.08. The van der Waals surface area contributed by atoms with Crippen LogP contribution in [0.3, 0.4) is 0 Å². The minimum absolute atomic E-state index is 0.00339. The molecule has 1 N–H and O–H groups in total. The summed E-state index contributed by atoms with van der Waals surface area (Å²) in [4.78, 5) is 43.5. The lowest BCUT2D eigenvalue weighted by Gasteiger charge is -2.14. The molecule has 9 nitrogen and oxygen atoms in total. The maximum atomic E-state index is 12.6. The Morgan fingerprint density at radius 1 is 1.06 bits per heavy atom. The molecule has 1 aliphatic rings. The highest BCUT2D eigenvalue weighted by atomic mass is 32.2. The number of hydrogen-bond donors (Lipinski definition) is 1. The average molecular weight is 445 g/mol. The van der Waals surface area contributed by atoms with Gasteiger partial charge in [-0.3, -0.25) is 24.1 Å². The number of hydrogen-bond acceptors (Lipinski definition) is 6. The lowest BCUT2D eigenvalue weighted by molar-refractivity contribution is -0.0258. The number of unbranched alkanes of at least 4 members (excludes halogenated alkanes) is 1. The zero-order chi connectivity index (χ0) is 22.8. The number of hydroxylamine groups is 1. The Morgan fingerprint density at radius 2 is 1.71 bits per heavy atom. The van der Waals surface area contributed by atoms with Crippen LogP contribution in [0.25, 0.3) is 0 Å². The van der Waals surface area contributed by atoms with Gasteiger partial charge in [-0.05, 0) is 48.9 Å². The summed E-state index contributed by atoms with van der Waals surface area (Å²) in [6, 6.07) is 9.95. The maximum Gasteiger partial charge on any atom is 0.264 e. The number of nitrogens with one attached hydrogen (secondary N) is 1. The summed E-state index contributed by atoms with van der Waals surface area (Å²) in [6.07, 6.45) is 1.56. The van der Waals surface area contributed by atoms with Crippen molar-refractivity contribution in [1.82, 2.24) is 9.37 Å². The second-order valence-electron chi connectivity index (χ2n) is 6.95. The van der Waals surface area contributed by atoms with E-state index in [1.54, 1.807) is 0 Å². The predicted molar refractivity (Wildman–Crippen MR) is 113 cm³/mol. The van der Waals surface area contributed by atoms with Gasteiger partial charge in [0.05, 0.1) is 23.1 Å². The predicted octanol–water partition coefficient (Wildman–Crippen LogP) is 2.52. The molecule has 3 amide bonds. The molecule has 3 rings (SSSR count). The summed E-state index contributed by atoms with van der Waals surface area (Å²) in [5.74, 6) is -1.24. The fourth-order valence-corrected chi connectivity index (χ4v) is 4.08. The summed E-state index contributed by atoms with van der Waals surface area (Å²) < 4.78 is 25.2. The number of amides is 3. The third-order valence-electron chi connectivity index (χ3n) is 4.97. The molecule has 0 fully saturated rings. The summed E-state index contributed by atoms with van der Waals surface area (Å²) in [5.41, 5.74) is 1.08. The third kappa shape index (κ3) is 4.36. The van der Waals surface area contributed by atoms with Crippen molar-refractivity contribution in [3.8, 4) is 0 Å². The van der Waals surface area contributed by atoms with Crippen LogP contribution in [0.1, 0.15) is 50.8 Å². The maximum absolute atomic E-state index is 12.6. The fourth-order valence-electron chi connectivity index (χ4n) is 3.11. The molecule has 0 bridgehead atoms. The highest BCUT2D eigenvalue weighted by molar-refractivity contribution is 7.89. The first-order valence-corrected chi connectivity index (χ1v) is 11.1. The van der Waals surface area contributed by atoms with Crippen LogP contribution in [0.5, 0.6) is 0 Å². The smallest absolute Gasteiger partial charge is 0.264 e. The van der Waals surface area contributed by atoms with Crippen LogP contribution < -0.4 is 5.32 Å². The zero-order valence-corrected chi connectivity index (χ0v) is 18.2. The van der Waals surface area contributed by atoms with E-state index in [2.05, 4.69) is 5.32 Å². The average Bonchev–Trinajstić information content (AvgIpc) is 3.01. The van der Waals surface area contributed by atoms with Crippen LogP contribution in [0.2, 0.25) is 0 Å². The van der Waals surface area contributed by atoms with Crippen LogP contribution in [0.15, 0.2) is 47.4 Å². The van der Waals surface area contributed by atoms with Gasteiger partial charge in [0.1, 0.15) is 0 Å². The van der Waals surface area contributed by atoms with Gasteiger partial charge >= 0.3 is 0 Å². The molecule has 0 radical (unpaired) electrons. The van der Waals surface area contributed by atoms with E-state index < -0.39 is 21.8 Å². The van der Waals surface area contributed by atoms with Crippen LogP contribution >= 0.6 is 0 Å². The normalized spacial score (nSPS) is 13.6. The van der Waals surface area contributed by atoms with Crippen LogP contribution in [0, 0.1) is 0 Å². The Labute approximate surface area is 180 Å². The van der Waals surface area contributed by atoms with Crippen molar-refractivity contribution in [2.24, 2.45) is 0 Å². The lowest BCUT2D eigenvalue weighted by atomic mass is 10.1. The van der Waals surface area contributed by atoms with E-state index in [9.17, 15) is 22.8 Å². The highest BCUT2D eigenvalue weighted by Crippen LogP contribution is 2.25. The highest BCUT2D eigenvalue weighted by Gasteiger charge is 2.35. The first-order chi connectivity index (χ1) is 14.7. The second-order valence-corrected chi connectivity index (χ2v) is 8.89. The summed E-state index contributed by atoms with van der Waals surface area (Å²) in [6.45, 7) is 2.32. The van der Waals surface area contributed by atoms with E-state index in [1.165, 1.54) is 61.5 Å². The lowest BCUT2D eigenvalue weighted by Crippen LogP contribution is -2.30. The van der Waals surface area contributed by atoms with E-state index >= 15 is 0 Å². The molecular weight excluding hydrogens is 422 g/mol. The Kier molecular flexibility index (Phi) is 6.54. The number of sulfonamides is 1. The van der Waals surface area contributed by atoms with E-state index in [0.717, 1.165) is 10.9 Å². The second kappa shape index (κ2) is 8.96. The van der Waals surface area contributed by atoms with Crippen molar-refractivity contribution in [3.05, 3.63) is 59.2 Å². The van der Waals surface area contributed by atoms with Crippen molar-refractivity contribution >= 4 is 33.4 Å². The fraction of sp³-hybridized carbons (Fsp3) is 0.286. The Morgan fingerprint density at radius 3 is 2.32 bits per heavy atom. The zero-order valence-electron chi connectivity index (χ0n) is 17.4. The first kappa shape index (κ1) is 22.6. The summed E-state index contributed by atoms with van der Waals surface area (Å²) in [5, 5.41) is 2.65. The van der Waals surface area contributed by atoms with Crippen LogP contribution in [0.4, 0.5) is 5.69 Å².